The van der Waals surface area contributed by atoms with E-state index in [0.29, 0.717) is 46.0 Å². The Bertz CT molecular complexity index is 1310. The third-order valence-corrected chi connectivity index (χ3v) is 8.83. The second-order valence-electron chi connectivity index (χ2n) is 11.7. The van der Waals surface area contributed by atoms with Crippen LogP contribution in [0.3, 0.4) is 0 Å². The molecule has 4 heterocycles. The van der Waals surface area contributed by atoms with Gasteiger partial charge in [0.25, 0.3) is 0 Å². The fraction of sp³-hybridized carbons (Fsp3) is 0.567. The third-order valence-electron chi connectivity index (χ3n) is 8.50. The molecule has 5 rings (SSSR count). The van der Waals surface area contributed by atoms with Crippen LogP contribution in [-0.2, 0) is 4.74 Å². The number of likely N-dealkylation sites (tertiary alicyclic amines) is 1. The predicted molar refractivity (Wildman–Crippen MR) is 161 cm³/mol. The lowest BCUT2D eigenvalue weighted by molar-refractivity contribution is -0.0839. The summed E-state index contributed by atoms with van der Waals surface area (Å²) >= 11 is 6.67. The highest BCUT2D eigenvalue weighted by Gasteiger charge is 2.47. The number of aromatic nitrogens is 2. The minimum absolute atomic E-state index is 0.0327. The molecule has 11 heteroatoms. The van der Waals surface area contributed by atoms with Crippen molar-refractivity contribution in [2.75, 3.05) is 64.5 Å². The van der Waals surface area contributed by atoms with Crippen molar-refractivity contribution >= 4 is 28.7 Å². The molecule has 10 nitrogen and oxygen atoms in total. The number of hydrogen-bond acceptors (Lipinski definition) is 10. The SMILES string of the molecule is CNC[C@@H](O)COc1ccc(Cl)c(-c2nc(/C(C(C)=N)=C(\C)O)c(C)c(N3CC4(CCN(C5COC5)CC4)C3)n2)c1. The summed E-state index contributed by atoms with van der Waals surface area (Å²) in [6.07, 6.45) is 1.64. The van der Waals surface area contributed by atoms with Crippen LogP contribution in [0.15, 0.2) is 24.0 Å². The quantitative estimate of drug-likeness (QED) is 0.244. The van der Waals surface area contributed by atoms with Gasteiger partial charge in [-0.15, -0.1) is 0 Å². The number of likely N-dealkylation sites (N-methyl/N-ethyl adjacent to an activating group) is 1. The molecule has 2 aromatic rings. The molecular weight excluding hydrogens is 544 g/mol. The van der Waals surface area contributed by atoms with Crippen LogP contribution in [0.25, 0.3) is 17.0 Å². The monoisotopic (exact) mass is 584 g/mol. The van der Waals surface area contributed by atoms with Gasteiger partial charge in [-0.3, -0.25) is 4.90 Å². The molecule has 3 aliphatic heterocycles. The summed E-state index contributed by atoms with van der Waals surface area (Å²) in [4.78, 5) is 14.7. The number of nitrogens with one attached hydrogen (secondary N) is 2. The van der Waals surface area contributed by atoms with Gasteiger partial charge in [-0.2, -0.15) is 0 Å². The summed E-state index contributed by atoms with van der Waals surface area (Å²) < 4.78 is 11.2. The van der Waals surface area contributed by atoms with Crippen molar-refractivity contribution in [2.24, 2.45) is 5.41 Å². The molecule has 1 spiro atoms. The molecule has 0 unspecified atom stereocenters. The summed E-state index contributed by atoms with van der Waals surface area (Å²) in [5.74, 6) is 1.76. The van der Waals surface area contributed by atoms with E-state index in [1.165, 1.54) is 0 Å². The van der Waals surface area contributed by atoms with E-state index in [1.54, 1.807) is 39.1 Å². The van der Waals surface area contributed by atoms with Crippen LogP contribution in [0.2, 0.25) is 5.02 Å². The van der Waals surface area contributed by atoms with Crippen LogP contribution in [0, 0.1) is 17.7 Å². The van der Waals surface area contributed by atoms with E-state index >= 15 is 0 Å². The van der Waals surface area contributed by atoms with E-state index in [-0.39, 0.29) is 23.5 Å². The van der Waals surface area contributed by atoms with Crippen LogP contribution >= 0.6 is 11.6 Å². The average Bonchev–Trinajstić information content (AvgIpc) is 2.87. The Hall–Kier alpha value is -2.76. The topological polar surface area (TPSA) is 127 Å². The summed E-state index contributed by atoms with van der Waals surface area (Å²) in [7, 11) is 1.77. The number of benzene rings is 1. The van der Waals surface area contributed by atoms with Gasteiger partial charge >= 0.3 is 0 Å². The molecule has 41 heavy (non-hydrogen) atoms. The molecule has 222 valence electrons. The van der Waals surface area contributed by atoms with Crippen LogP contribution in [0.4, 0.5) is 5.82 Å². The maximum absolute atomic E-state index is 10.6. The summed E-state index contributed by atoms with van der Waals surface area (Å²) in [6, 6.07) is 5.83. The Balaban J connectivity index is 1.46. The zero-order valence-electron chi connectivity index (χ0n) is 24.3. The number of halogens is 1. The van der Waals surface area contributed by atoms with Gasteiger partial charge in [-0.05, 0) is 71.9 Å². The molecule has 0 radical (unpaired) electrons. The third kappa shape index (κ3) is 6.22. The van der Waals surface area contributed by atoms with E-state index in [1.807, 2.05) is 6.92 Å². The van der Waals surface area contributed by atoms with Crippen molar-refractivity contribution in [1.29, 1.82) is 5.41 Å². The lowest BCUT2D eigenvalue weighted by atomic mass is 9.71. The van der Waals surface area contributed by atoms with Gasteiger partial charge < -0.3 is 35.3 Å². The average molecular weight is 585 g/mol. The minimum Gasteiger partial charge on any atom is -0.512 e. The number of aliphatic hydroxyl groups is 2. The number of ether oxygens (including phenoxy) is 2. The van der Waals surface area contributed by atoms with E-state index in [0.717, 1.165) is 63.6 Å². The Morgan fingerprint density at radius 2 is 1.95 bits per heavy atom. The Morgan fingerprint density at radius 1 is 1.24 bits per heavy atom. The minimum atomic E-state index is -0.656. The molecule has 0 aliphatic carbocycles. The van der Waals surface area contributed by atoms with Gasteiger partial charge in [-0.25, -0.2) is 9.97 Å². The molecule has 4 N–H and O–H groups in total. The number of nitrogens with zero attached hydrogens (tertiary/aromatic N) is 4. The maximum atomic E-state index is 10.6. The van der Waals surface area contributed by atoms with E-state index < -0.39 is 6.10 Å². The first-order valence-electron chi connectivity index (χ1n) is 14.3. The number of rotatable bonds is 10. The largest absolute Gasteiger partial charge is 0.512 e. The fourth-order valence-electron chi connectivity index (χ4n) is 6.08. The number of aliphatic hydroxyl groups excluding tert-OH is 2. The van der Waals surface area contributed by atoms with Crippen molar-refractivity contribution in [1.82, 2.24) is 20.2 Å². The van der Waals surface area contributed by atoms with Gasteiger partial charge in [0.05, 0.1) is 35.5 Å². The van der Waals surface area contributed by atoms with Crippen LogP contribution in [0.5, 0.6) is 5.75 Å². The van der Waals surface area contributed by atoms with Crippen molar-refractivity contribution < 1.29 is 19.7 Å². The first-order chi connectivity index (χ1) is 19.6. The summed E-state index contributed by atoms with van der Waals surface area (Å²) in [5.41, 5.74) is 2.79. The van der Waals surface area contributed by atoms with Crippen molar-refractivity contribution in [2.45, 2.75) is 45.8 Å². The standard InChI is InChI=1S/C30H41ClN6O4/c1-18-27(26(19(2)32)20(3)38)34-28(24-11-23(5-6-25(24)31)41-15-22(39)12-33-4)35-29(18)37-16-30(17-37)7-9-36(10-8-30)21-13-40-14-21/h5-6,11,21-22,32-33,38-39H,7-10,12-17H2,1-4H3/b26-20+,32-19?/t22-/m1/s1. The summed E-state index contributed by atoms with van der Waals surface area (Å²) in [5, 5.41) is 32.4. The van der Waals surface area contributed by atoms with Crippen LogP contribution in [0.1, 0.15) is 37.9 Å². The molecule has 1 aromatic carbocycles. The van der Waals surface area contributed by atoms with E-state index in [9.17, 15) is 10.2 Å². The molecule has 1 atom stereocenters. The van der Waals surface area contributed by atoms with Gasteiger partial charge in [-0.1, -0.05) is 11.6 Å². The Kier molecular flexibility index (Phi) is 8.87. The van der Waals surface area contributed by atoms with Crippen molar-refractivity contribution in [3.8, 4) is 17.1 Å². The Morgan fingerprint density at radius 3 is 2.54 bits per heavy atom. The second-order valence-corrected chi connectivity index (χ2v) is 12.1. The first kappa shape index (κ1) is 29.7. The Labute approximate surface area is 246 Å². The molecule has 0 amide bonds. The van der Waals surface area contributed by atoms with Gasteiger partial charge in [0.2, 0.25) is 0 Å². The normalized spacial score (nSPS) is 20.3. The lowest BCUT2D eigenvalue weighted by Crippen LogP contribution is -2.63. The number of hydrogen-bond donors (Lipinski definition) is 4. The molecule has 3 saturated heterocycles. The zero-order chi connectivity index (χ0) is 29.3. The fourth-order valence-corrected chi connectivity index (χ4v) is 6.28. The summed E-state index contributed by atoms with van der Waals surface area (Å²) in [6.45, 7) is 11.4. The predicted octanol–water partition coefficient (Wildman–Crippen LogP) is 3.69. The first-order valence-corrected chi connectivity index (χ1v) is 14.6. The number of anilines is 1. The number of piperidine rings is 1. The van der Waals surface area contributed by atoms with Crippen molar-refractivity contribution in [3.63, 3.8) is 0 Å². The molecular formula is C30H41ClN6O4. The van der Waals surface area contributed by atoms with E-state index in [2.05, 4.69) is 15.1 Å². The van der Waals surface area contributed by atoms with Gasteiger partial charge in [0.1, 0.15) is 30.0 Å². The molecule has 0 saturated carbocycles. The van der Waals surface area contributed by atoms with Crippen LogP contribution < -0.4 is 15.0 Å². The number of allylic oxidation sites excluding steroid dienone is 2. The maximum Gasteiger partial charge on any atom is 0.163 e. The van der Waals surface area contributed by atoms with Gasteiger partial charge in [0.15, 0.2) is 5.82 Å². The highest BCUT2D eigenvalue weighted by molar-refractivity contribution is 6.33. The van der Waals surface area contributed by atoms with Crippen molar-refractivity contribution in [3.05, 3.63) is 40.2 Å². The lowest BCUT2D eigenvalue weighted by Gasteiger charge is -2.56. The molecule has 3 aliphatic rings. The smallest absolute Gasteiger partial charge is 0.163 e. The van der Waals surface area contributed by atoms with Crippen LogP contribution in [-0.4, -0.2) is 103 Å². The molecule has 1 aromatic heterocycles. The second kappa shape index (κ2) is 12.2. The van der Waals surface area contributed by atoms with E-state index in [4.69, 9.17) is 36.5 Å². The molecule has 0 bridgehead atoms. The molecule has 3 fully saturated rings. The highest BCUT2D eigenvalue weighted by Crippen LogP contribution is 2.45. The zero-order valence-corrected chi connectivity index (χ0v) is 25.1. The van der Waals surface area contributed by atoms with Gasteiger partial charge in [0, 0.05) is 41.9 Å². The highest BCUT2D eigenvalue weighted by atomic mass is 35.5.